The molecule has 3 aromatic rings. The van der Waals surface area contributed by atoms with Crippen LogP contribution < -0.4 is 5.73 Å². The van der Waals surface area contributed by atoms with Gasteiger partial charge in [0.2, 0.25) is 5.88 Å². The van der Waals surface area contributed by atoms with E-state index in [1.54, 1.807) is 6.92 Å². The zero-order chi connectivity index (χ0) is 16.4. The highest BCUT2D eigenvalue weighted by atomic mass is 32.1. The second-order valence-electron chi connectivity index (χ2n) is 5.09. The highest BCUT2D eigenvalue weighted by Gasteiger charge is 2.20. The highest BCUT2D eigenvalue weighted by molar-refractivity contribution is 7.13. The summed E-state index contributed by atoms with van der Waals surface area (Å²) in [5, 5.41) is 6.38. The fourth-order valence-corrected chi connectivity index (χ4v) is 2.86. The van der Waals surface area contributed by atoms with Crippen molar-refractivity contribution in [2.24, 2.45) is 0 Å². The van der Waals surface area contributed by atoms with E-state index in [0.717, 1.165) is 10.6 Å². The van der Waals surface area contributed by atoms with Crippen molar-refractivity contribution in [2.45, 2.75) is 20.5 Å². The van der Waals surface area contributed by atoms with Crippen LogP contribution in [0, 0.1) is 13.8 Å². The number of nitrogen functional groups attached to an aromatic ring is 1. The number of ether oxygens (including phenoxy) is 1. The summed E-state index contributed by atoms with van der Waals surface area (Å²) in [6.07, 6.45) is 0. The predicted octanol–water partition coefficient (Wildman–Crippen LogP) is 3.35. The molecule has 0 unspecified atom stereocenters. The minimum atomic E-state index is -0.564. The molecule has 23 heavy (non-hydrogen) atoms. The Morgan fingerprint density at radius 3 is 2.70 bits per heavy atom. The maximum atomic E-state index is 12.0. The normalized spacial score (nSPS) is 10.7. The Labute approximate surface area is 136 Å². The number of nitrogens with two attached hydrogens (primary N) is 1. The van der Waals surface area contributed by atoms with Crippen LogP contribution in [0.5, 0.6) is 0 Å². The van der Waals surface area contributed by atoms with E-state index in [9.17, 15) is 4.79 Å². The highest BCUT2D eigenvalue weighted by Crippen LogP contribution is 2.24. The summed E-state index contributed by atoms with van der Waals surface area (Å²) < 4.78 is 9.98. The largest absolute Gasteiger partial charge is 0.455 e. The first kappa shape index (κ1) is 15.2. The van der Waals surface area contributed by atoms with E-state index in [1.807, 2.05) is 36.6 Å². The molecule has 2 N–H and O–H groups in total. The molecule has 2 heterocycles. The first-order chi connectivity index (χ1) is 11.0. The van der Waals surface area contributed by atoms with Crippen molar-refractivity contribution >= 4 is 23.2 Å². The molecule has 0 amide bonds. The number of aryl methyl sites for hydroxylation is 2. The standard InChI is InChI=1S/C16H15N3O3S/c1-9-3-5-11(6-4-9)15-18-12(8-23-15)7-21-16(20)13-10(2)19-22-14(13)17/h3-6,8H,7,17H2,1-2H3. The molecule has 2 aromatic heterocycles. The zero-order valence-electron chi connectivity index (χ0n) is 12.7. The number of hydrogen-bond donors (Lipinski definition) is 1. The number of nitrogens with zero attached hydrogens (tertiary/aromatic N) is 2. The molecular formula is C16H15N3O3S. The number of anilines is 1. The van der Waals surface area contributed by atoms with Gasteiger partial charge < -0.3 is 15.0 Å². The molecule has 0 aliphatic rings. The fourth-order valence-electron chi connectivity index (χ4n) is 2.05. The number of esters is 1. The van der Waals surface area contributed by atoms with Gasteiger partial charge in [-0.3, -0.25) is 0 Å². The lowest BCUT2D eigenvalue weighted by Crippen LogP contribution is -2.08. The number of rotatable bonds is 4. The summed E-state index contributed by atoms with van der Waals surface area (Å²) in [7, 11) is 0. The predicted molar refractivity (Wildman–Crippen MR) is 87.1 cm³/mol. The van der Waals surface area contributed by atoms with E-state index in [2.05, 4.69) is 10.1 Å². The van der Waals surface area contributed by atoms with Crippen LogP contribution in [0.4, 0.5) is 5.88 Å². The maximum Gasteiger partial charge on any atom is 0.346 e. The summed E-state index contributed by atoms with van der Waals surface area (Å²) in [4.78, 5) is 16.5. The van der Waals surface area contributed by atoms with E-state index in [0.29, 0.717) is 11.4 Å². The van der Waals surface area contributed by atoms with Gasteiger partial charge in [0.05, 0.1) is 11.4 Å². The molecule has 0 aliphatic carbocycles. The van der Waals surface area contributed by atoms with Crippen LogP contribution in [0.1, 0.15) is 27.3 Å². The number of benzene rings is 1. The number of hydrogen-bond acceptors (Lipinski definition) is 7. The Balaban J connectivity index is 1.68. The van der Waals surface area contributed by atoms with E-state index in [-0.39, 0.29) is 18.1 Å². The number of carbonyl (C=O) groups excluding carboxylic acids is 1. The van der Waals surface area contributed by atoms with Gasteiger partial charge in [-0.05, 0) is 13.8 Å². The second-order valence-corrected chi connectivity index (χ2v) is 5.95. The molecule has 7 heteroatoms. The van der Waals surface area contributed by atoms with Crippen molar-refractivity contribution in [3.05, 3.63) is 52.2 Å². The third kappa shape index (κ3) is 3.24. The lowest BCUT2D eigenvalue weighted by molar-refractivity contribution is 0.0468. The molecule has 0 spiro atoms. The molecule has 0 saturated heterocycles. The van der Waals surface area contributed by atoms with Gasteiger partial charge in [0.1, 0.15) is 17.2 Å². The Morgan fingerprint density at radius 2 is 2.04 bits per heavy atom. The van der Waals surface area contributed by atoms with Gasteiger partial charge in [-0.25, -0.2) is 9.78 Å². The van der Waals surface area contributed by atoms with Crippen molar-refractivity contribution in [1.29, 1.82) is 0 Å². The molecule has 1 aromatic carbocycles. The van der Waals surface area contributed by atoms with Crippen LogP contribution in [0.3, 0.4) is 0 Å². The Bertz CT molecular complexity index is 817. The van der Waals surface area contributed by atoms with Crippen molar-refractivity contribution < 1.29 is 14.1 Å². The van der Waals surface area contributed by atoms with Gasteiger partial charge in [0.25, 0.3) is 0 Å². The van der Waals surface area contributed by atoms with E-state index in [1.165, 1.54) is 16.9 Å². The van der Waals surface area contributed by atoms with Gasteiger partial charge in [-0.1, -0.05) is 35.0 Å². The fraction of sp³-hybridized carbons (Fsp3) is 0.188. The molecule has 0 atom stereocenters. The number of thiazole rings is 1. The summed E-state index contributed by atoms with van der Waals surface area (Å²) in [6, 6.07) is 8.11. The quantitative estimate of drug-likeness (QED) is 0.738. The van der Waals surface area contributed by atoms with Gasteiger partial charge >= 0.3 is 5.97 Å². The number of carbonyl (C=O) groups is 1. The molecule has 3 rings (SSSR count). The summed E-state index contributed by atoms with van der Waals surface area (Å²) in [6.45, 7) is 3.75. The van der Waals surface area contributed by atoms with Crippen molar-refractivity contribution in [3.8, 4) is 10.6 Å². The Kier molecular flexibility index (Phi) is 4.12. The van der Waals surface area contributed by atoms with Gasteiger partial charge in [0.15, 0.2) is 0 Å². The van der Waals surface area contributed by atoms with Crippen LogP contribution in [0.25, 0.3) is 10.6 Å². The van der Waals surface area contributed by atoms with Crippen LogP contribution >= 0.6 is 11.3 Å². The molecule has 118 valence electrons. The SMILES string of the molecule is Cc1ccc(-c2nc(COC(=O)c3c(C)noc3N)cs2)cc1. The Hall–Kier alpha value is -2.67. The van der Waals surface area contributed by atoms with Crippen molar-refractivity contribution in [1.82, 2.24) is 10.1 Å². The van der Waals surface area contributed by atoms with Crippen LogP contribution in [-0.2, 0) is 11.3 Å². The van der Waals surface area contributed by atoms with Crippen LogP contribution in [-0.4, -0.2) is 16.1 Å². The minimum Gasteiger partial charge on any atom is -0.455 e. The van der Waals surface area contributed by atoms with Crippen LogP contribution in [0.2, 0.25) is 0 Å². The first-order valence-corrected chi connectivity index (χ1v) is 7.83. The molecule has 0 bridgehead atoms. The summed E-state index contributed by atoms with van der Waals surface area (Å²) in [5.41, 5.74) is 9.06. The molecule has 0 radical (unpaired) electrons. The third-order valence-corrected chi connectivity index (χ3v) is 4.23. The first-order valence-electron chi connectivity index (χ1n) is 6.95. The minimum absolute atomic E-state index is 0.0360. The monoisotopic (exact) mass is 329 g/mol. The van der Waals surface area contributed by atoms with E-state index in [4.69, 9.17) is 15.0 Å². The summed E-state index contributed by atoms with van der Waals surface area (Å²) in [5.74, 6) is -0.600. The Morgan fingerprint density at radius 1 is 1.30 bits per heavy atom. The molecule has 0 saturated carbocycles. The smallest absolute Gasteiger partial charge is 0.346 e. The third-order valence-electron chi connectivity index (χ3n) is 3.29. The van der Waals surface area contributed by atoms with Crippen molar-refractivity contribution in [2.75, 3.05) is 5.73 Å². The van der Waals surface area contributed by atoms with E-state index < -0.39 is 5.97 Å². The van der Waals surface area contributed by atoms with Crippen molar-refractivity contribution in [3.63, 3.8) is 0 Å². The average Bonchev–Trinajstić information content (AvgIpc) is 3.13. The van der Waals surface area contributed by atoms with E-state index >= 15 is 0 Å². The van der Waals surface area contributed by atoms with Gasteiger partial charge in [0, 0.05) is 10.9 Å². The summed E-state index contributed by atoms with van der Waals surface area (Å²) >= 11 is 1.51. The second kappa shape index (κ2) is 6.21. The molecule has 0 aliphatic heterocycles. The maximum absolute atomic E-state index is 12.0. The molecule has 0 fully saturated rings. The van der Waals surface area contributed by atoms with Gasteiger partial charge in [-0.2, -0.15) is 0 Å². The lowest BCUT2D eigenvalue weighted by Gasteiger charge is -2.01. The number of aromatic nitrogens is 2. The lowest BCUT2D eigenvalue weighted by atomic mass is 10.2. The average molecular weight is 329 g/mol. The zero-order valence-corrected chi connectivity index (χ0v) is 13.5. The van der Waals surface area contributed by atoms with Gasteiger partial charge in [-0.15, -0.1) is 11.3 Å². The van der Waals surface area contributed by atoms with Crippen LogP contribution in [0.15, 0.2) is 34.2 Å². The molecular weight excluding hydrogens is 314 g/mol. The topological polar surface area (TPSA) is 91.2 Å². The molecule has 6 nitrogen and oxygen atoms in total.